The normalized spacial score (nSPS) is 18.1. The molecule has 2 aromatic rings. The van der Waals surface area contributed by atoms with E-state index in [0.717, 1.165) is 5.82 Å². The van der Waals surface area contributed by atoms with Gasteiger partial charge in [0.1, 0.15) is 12.6 Å². The second-order valence-corrected chi connectivity index (χ2v) is 6.10. The molecule has 24 heavy (non-hydrogen) atoms. The summed E-state index contributed by atoms with van der Waals surface area (Å²) in [6.07, 6.45) is 1.29. The molecule has 1 aliphatic heterocycles. The van der Waals surface area contributed by atoms with Crippen molar-refractivity contribution in [3.8, 4) is 0 Å². The number of H-pyrrole nitrogens is 1. The van der Waals surface area contributed by atoms with E-state index in [1.165, 1.54) is 10.6 Å². The lowest BCUT2D eigenvalue weighted by molar-refractivity contribution is -0.140. The predicted molar refractivity (Wildman–Crippen MR) is 86.4 cm³/mol. The van der Waals surface area contributed by atoms with Crippen molar-refractivity contribution in [2.24, 2.45) is 0 Å². The standard InChI is InChI=1S/C16H21N5O3/c1-11(2)15-17-16(19-18-15)12-9-21(7-8-24-12)14(23)10-20-6-4-3-5-13(20)22/h3-6,11-12H,7-10H2,1-2H3,(H,17,18,19)/t12-/m0/s1. The molecule has 1 fully saturated rings. The zero-order valence-electron chi connectivity index (χ0n) is 13.8. The van der Waals surface area contributed by atoms with Crippen LogP contribution in [0.4, 0.5) is 0 Å². The molecule has 0 saturated carbocycles. The van der Waals surface area contributed by atoms with E-state index in [9.17, 15) is 9.59 Å². The summed E-state index contributed by atoms with van der Waals surface area (Å²) in [5, 5.41) is 7.07. The summed E-state index contributed by atoms with van der Waals surface area (Å²) < 4.78 is 7.12. The van der Waals surface area contributed by atoms with E-state index in [-0.39, 0.29) is 30.0 Å². The first-order valence-electron chi connectivity index (χ1n) is 8.01. The summed E-state index contributed by atoms with van der Waals surface area (Å²) in [5.74, 6) is 1.47. The van der Waals surface area contributed by atoms with Crippen LogP contribution in [0.5, 0.6) is 0 Å². The number of hydrogen-bond donors (Lipinski definition) is 1. The van der Waals surface area contributed by atoms with Gasteiger partial charge >= 0.3 is 0 Å². The fourth-order valence-corrected chi connectivity index (χ4v) is 2.57. The maximum absolute atomic E-state index is 12.5. The largest absolute Gasteiger partial charge is 0.367 e. The number of nitrogens with zero attached hydrogens (tertiary/aromatic N) is 4. The van der Waals surface area contributed by atoms with Gasteiger partial charge in [-0.15, -0.1) is 0 Å². The second-order valence-electron chi connectivity index (χ2n) is 6.10. The van der Waals surface area contributed by atoms with Gasteiger partial charge in [-0.25, -0.2) is 4.98 Å². The van der Waals surface area contributed by atoms with E-state index in [2.05, 4.69) is 15.2 Å². The topological polar surface area (TPSA) is 93.1 Å². The zero-order valence-corrected chi connectivity index (χ0v) is 13.8. The number of nitrogens with one attached hydrogen (secondary N) is 1. The van der Waals surface area contributed by atoms with E-state index < -0.39 is 0 Å². The van der Waals surface area contributed by atoms with Gasteiger partial charge in [0, 0.05) is 24.7 Å². The van der Waals surface area contributed by atoms with Gasteiger partial charge in [-0.3, -0.25) is 14.7 Å². The molecular formula is C16H21N5O3. The molecule has 1 amide bonds. The molecule has 0 radical (unpaired) electrons. The van der Waals surface area contributed by atoms with Gasteiger partial charge in [0.25, 0.3) is 5.56 Å². The molecule has 1 saturated heterocycles. The summed E-state index contributed by atoms with van der Waals surface area (Å²) in [6, 6.07) is 4.83. The van der Waals surface area contributed by atoms with Gasteiger partial charge < -0.3 is 14.2 Å². The Labute approximate surface area is 139 Å². The van der Waals surface area contributed by atoms with Crippen LogP contribution >= 0.6 is 0 Å². The summed E-state index contributed by atoms with van der Waals surface area (Å²) in [7, 11) is 0. The fraction of sp³-hybridized carbons (Fsp3) is 0.500. The Hall–Kier alpha value is -2.48. The first-order chi connectivity index (χ1) is 11.5. The maximum atomic E-state index is 12.5. The lowest BCUT2D eigenvalue weighted by Gasteiger charge is -2.32. The van der Waals surface area contributed by atoms with Gasteiger partial charge in [-0.05, 0) is 6.07 Å². The van der Waals surface area contributed by atoms with Crippen LogP contribution in [-0.4, -0.2) is 50.3 Å². The van der Waals surface area contributed by atoms with Crippen LogP contribution in [0.2, 0.25) is 0 Å². The number of rotatable bonds is 4. The molecule has 1 atom stereocenters. The Morgan fingerprint density at radius 1 is 1.46 bits per heavy atom. The Morgan fingerprint density at radius 3 is 3.00 bits per heavy atom. The van der Waals surface area contributed by atoms with Crippen LogP contribution in [0.1, 0.15) is 37.5 Å². The average Bonchev–Trinajstić information content (AvgIpc) is 3.07. The smallest absolute Gasteiger partial charge is 0.250 e. The van der Waals surface area contributed by atoms with E-state index >= 15 is 0 Å². The Morgan fingerprint density at radius 2 is 2.29 bits per heavy atom. The summed E-state index contributed by atoms with van der Waals surface area (Å²) in [5.41, 5.74) is -0.188. The van der Waals surface area contributed by atoms with Crippen molar-refractivity contribution < 1.29 is 9.53 Å². The Balaban J connectivity index is 1.67. The molecule has 0 bridgehead atoms. The molecule has 8 heteroatoms. The van der Waals surface area contributed by atoms with Crippen LogP contribution in [0.25, 0.3) is 0 Å². The number of aromatic amines is 1. The minimum absolute atomic E-state index is 0.0278. The minimum atomic E-state index is -0.324. The molecule has 3 rings (SSSR count). The monoisotopic (exact) mass is 331 g/mol. The molecule has 0 unspecified atom stereocenters. The van der Waals surface area contributed by atoms with Crippen molar-refractivity contribution in [3.05, 3.63) is 46.4 Å². The highest BCUT2D eigenvalue weighted by molar-refractivity contribution is 5.76. The molecule has 8 nitrogen and oxygen atoms in total. The first kappa shape index (κ1) is 16.4. The summed E-state index contributed by atoms with van der Waals surface area (Å²) in [6.45, 7) is 5.39. The van der Waals surface area contributed by atoms with Crippen LogP contribution in [0.3, 0.4) is 0 Å². The van der Waals surface area contributed by atoms with Crippen LogP contribution in [0.15, 0.2) is 29.2 Å². The van der Waals surface area contributed by atoms with Gasteiger partial charge in [0.2, 0.25) is 5.91 Å². The zero-order chi connectivity index (χ0) is 17.1. The fourth-order valence-electron chi connectivity index (χ4n) is 2.57. The number of carbonyl (C=O) groups excluding carboxylic acids is 1. The number of morpholine rings is 1. The SMILES string of the molecule is CC(C)c1n[nH]c([C@@H]2CN(C(=O)Cn3ccccc3=O)CCO2)n1. The molecule has 3 heterocycles. The quantitative estimate of drug-likeness (QED) is 0.890. The summed E-state index contributed by atoms with van der Waals surface area (Å²) in [4.78, 5) is 30.3. The molecule has 1 aliphatic rings. The van der Waals surface area contributed by atoms with Crippen LogP contribution < -0.4 is 5.56 Å². The lowest BCUT2D eigenvalue weighted by Crippen LogP contribution is -2.44. The number of pyridine rings is 1. The number of ether oxygens (including phenoxy) is 1. The Bertz CT molecular complexity index is 767. The Kier molecular flexibility index (Phi) is 4.75. The highest BCUT2D eigenvalue weighted by Gasteiger charge is 2.28. The predicted octanol–water partition coefficient (Wildman–Crippen LogP) is 0.690. The van der Waals surface area contributed by atoms with Crippen LogP contribution in [0, 0.1) is 0 Å². The van der Waals surface area contributed by atoms with Gasteiger partial charge in [0.15, 0.2) is 11.6 Å². The third-order valence-electron chi connectivity index (χ3n) is 3.97. The number of aromatic nitrogens is 4. The third kappa shape index (κ3) is 3.53. The molecule has 128 valence electrons. The minimum Gasteiger partial charge on any atom is -0.367 e. The summed E-state index contributed by atoms with van der Waals surface area (Å²) >= 11 is 0. The molecule has 0 aliphatic carbocycles. The second kappa shape index (κ2) is 6.96. The van der Waals surface area contributed by atoms with Gasteiger partial charge in [0.05, 0.1) is 13.2 Å². The maximum Gasteiger partial charge on any atom is 0.250 e. The van der Waals surface area contributed by atoms with Crippen molar-refractivity contribution >= 4 is 5.91 Å². The third-order valence-corrected chi connectivity index (χ3v) is 3.97. The average molecular weight is 331 g/mol. The van der Waals surface area contributed by atoms with E-state index in [1.54, 1.807) is 23.2 Å². The van der Waals surface area contributed by atoms with Gasteiger partial charge in [-0.2, -0.15) is 5.10 Å². The van der Waals surface area contributed by atoms with Crippen molar-refractivity contribution in [2.45, 2.75) is 32.4 Å². The van der Waals surface area contributed by atoms with Crippen molar-refractivity contribution in [2.75, 3.05) is 19.7 Å². The molecular weight excluding hydrogens is 310 g/mol. The molecule has 0 spiro atoms. The van der Waals surface area contributed by atoms with Crippen molar-refractivity contribution in [1.29, 1.82) is 0 Å². The van der Waals surface area contributed by atoms with E-state index in [0.29, 0.717) is 25.5 Å². The molecule has 1 N–H and O–H groups in total. The number of carbonyl (C=O) groups is 1. The number of hydrogen-bond acceptors (Lipinski definition) is 5. The highest BCUT2D eigenvalue weighted by Crippen LogP contribution is 2.20. The first-order valence-corrected chi connectivity index (χ1v) is 8.01. The lowest BCUT2D eigenvalue weighted by atomic mass is 10.2. The van der Waals surface area contributed by atoms with E-state index in [4.69, 9.17) is 4.74 Å². The molecule has 0 aromatic carbocycles. The van der Waals surface area contributed by atoms with Gasteiger partial charge in [-0.1, -0.05) is 19.9 Å². The molecule has 2 aromatic heterocycles. The van der Waals surface area contributed by atoms with Crippen molar-refractivity contribution in [3.63, 3.8) is 0 Å². The van der Waals surface area contributed by atoms with Crippen molar-refractivity contribution in [1.82, 2.24) is 24.6 Å². The van der Waals surface area contributed by atoms with E-state index in [1.807, 2.05) is 13.8 Å². The van der Waals surface area contributed by atoms with Crippen LogP contribution in [-0.2, 0) is 16.1 Å². The highest BCUT2D eigenvalue weighted by atomic mass is 16.5. The number of amides is 1.